The lowest BCUT2D eigenvalue weighted by Crippen LogP contribution is -1.84. The molecule has 0 aromatic rings. The van der Waals surface area contributed by atoms with Gasteiger partial charge in [-0.25, -0.2) is 4.57 Å². The predicted octanol–water partition coefficient (Wildman–Crippen LogP) is 6.52. The van der Waals surface area contributed by atoms with Gasteiger partial charge in [0.1, 0.15) is 0 Å². The standard InChI is InChI=1S/C18H35O3P/c1-4-5-6-7-8-9-10-11-12-13-14-15-16-17-18-22(19,20-2)21-3/h4-16H2,1-3H3. The second-order valence-electron chi connectivity index (χ2n) is 5.79. The quantitative estimate of drug-likeness (QED) is 0.206. The summed E-state index contributed by atoms with van der Waals surface area (Å²) in [6.07, 6.45) is 16.8. The van der Waals surface area contributed by atoms with Crippen molar-refractivity contribution in [1.82, 2.24) is 0 Å². The van der Waals surface area contributed by atoms with Crippen molar-refractivity contribution in [1.29, 1.82) is 0 Å². The van der Waals surface area contributed by atoms with E-state index in [2.05, 4.69) is 18.5 Å². The van der Waals surface area contributed by atoms with Crippen molar-refractivity contribution >= 4 is 7.60 Å². The van der Waals surface area contributed by atoms with E-state index in [0.29, 0.717) is 0 Å². The fourth-order valence-electron chi connectivity index (χ4n) is 2.37. The Morgan fingerprint density at radius 2 is 1.14 bits per heavy atom. The highest BCUT2D eigenvalue weighted by molar-refractivity contribution is 7.59. The first-order chi connectivity index (χ1) is 10.7. The molecule has 0 aromatic heterocycles. The number of hydrogen-bond acceptors (Lipinski definition) is 3. The fraction of sp³-hybridized carbons (Fsp3) is 0.889. The van der Waals surface area contributed by atoms with Crippen LogP contribution in [0.25, 0.3) is 0 Å². The van der Waals surface area contributed by atoms with Crippen LogP contribution in [0.15, 0.2) is 0 Å². The lowest BCUT2D eigenvalue weighted by Gasteiger charge is -2.04. The van der Waals surface area contributed by atoms with Crippen LogP contribution in [-0.4, -0.2) is 14.2 Å². The molecule has 0 radical (unpaired) electrons. The van der Waals surface area contributed by atoms with Gasteiger partial charge in [0, 0.05) is 26.3 Å². The van der Waals surface area contributed by atoms with Crippen molar-refractivity contribution in [2.75, 3.05) is 14.2 Å². The molecule has 0 aromatic carbocycles. The third-order valence-corrected chi connectivity index (χ3v) is 5.25. The van der Waals surface area contributed by atoms with Gasteiger partial charge in [0.05, 0.1) is 0 Å². The second kappa shape index (κ2) is 15.6. The molecule has 0 amide bonds. The van der Waals surface area contributed by atoms with Gasteiger partial charge >= 0.3 is 7.60 Å². The summed E-state index contributed by atoms with van der Waals surface area (Å²) in [4.78, 5) is 0. The summed E-state index contributed by atoms with van der Waals surface area (Å²) in [5.41, 5.74) is 2.60. The third kappa shape index (κ3) is 13.4. The minimum Gasteiger partial charge on any atom is -0.303 e. The molecular formula is C18H35O3P. The molecule has 0 aliphatic heterocycles. The summed E-state index contributed by atoms with van der Waals surface area (Å²) in [5, 5.41) is 0. The Morgan fingerprint density at radius 1 is 0.727 bits per heavy atom. The zero-order valence-electron chi connectivity index (χ0n) is 14.9. The second-order valence-corrected chi connectivity index (χ2v) is 7.74. The van der Waals surface area contributed by atoms with Gasteiger partial charge in [-0.05, 0) is 6.42 Å². The lowest BCUT2D eigenvalue weighted by atomic mass is 10.0. The van der Waals surface area contributed by atoms with E-state index < -0.39 is 7.60 Å². The van der Waals surface area contributed by atoms with Gasteiger partial charge in [-0.3, -0.25) is 0 Å². The van der Waals surface area contributed by atoms with E-state index in [0.717, 1.165) is 12.8 Å². The SMILES string of the molecule is CCCCCCCCCCCCCCC#CP(=O)(OC)OC. The topological polar surface area (TPSA) is 35.5 Å². The monoisotopic (exact) mass is 330 g/mol. The average Bonchev–Trinajstić information content (AvgIpc) is 2.55. The van der Waals surface area contributed by atoms with E-state index in [9.17, 15) is 4.57 Å². The Kier molecular flexibility index (Phi) is 15.4. The maximum absolute atomic E-state index is 11.7. The van der Waals surface area contributed by atoms with Gasteiger partial charge in [0.15, 0.2) is 0 Å². The Balaban J connectivity index is 3.31. The molecule has 0 saturated heterocycles. The molecule has 3 nitrogen and oxygen atoms in total. The zero-order valence-corrected chi connectivity index (χ0v) is 15.8. The largest absolute Gasteiger partial charge is 0.405 e. The van der Waals surface area contributed by atoms with E-state index in [1.54, 1.807) is 0 Å². The minimum absolute atomic E-state index is 0.772. The van der Waals surface area contributed by atoms with Gasteiger partial charge in [-0.2, -0.15) is 0 Å². The molecule has 130 valence electrons. The predicted molar refractivity (Wildman–Crippen MR) is 95.1 cm³/mol. The summed E-state index contributed by atoms with van der Waals surface area (Å²) in [7, 11) is -0.399. The fourth-order valence-corrected chi connectivity index (χ4v) is 3.01. The van der Waals surface area contributed by atoms with Gasteiger partial charge in [-0.1, -0.05) is 83.5 Å². The Hall–Kier alpha value is -0.290. The van der Waals surface area contributed by atoms with Crippen molar-refractivity contribution in [2.45, 2.75) is 90.4 Å². The molecule has 0 atom stereocenters. The lowest BCUT2D eigenvalue weighted by molar-refractivity contribution is 0.288. The summed E-state index contributed by atoms with van der Waals surface area (Å²) >= 11 is 0. The summed E-state index contributed by atoms with van der Waals surface area (Å²) < 4.78 is 21.2. The van der Waals surface area contributed by atoms with E-state index in [-0.39, 0.29) is 0 Å². The van der Waals surface area contributed by atoms with Crippen LogP contribution in [0.2, 0.25) is 0 Å². The normalized spacial score (nSPS) is 11.2. The Morgan fingerprint density at radius 3 is 1.55 bits per heavy atom. The first-order valence-electron chi connectivity index (χ1n) is 8.90. The molecule has 0 rings (SSSR count). The number of rotatable bonds is 14. The summed E-state index contributed by atoms with van der Waals surface area (Å²) in [6.45, 7) is 2.26. The third-order valence-electron chi connectivity index (χ3n) is 3.85. The van der Waals surface area contributed by atoms with Crippen LogP contribution in [-0.2, 0) is 13.6 Å². The molecule has 0 aliphatic rings. The van der Waals surface area contributed by atoms with E-state index in [4.69, 9.17) is 9.05 Å². The van der Waals surface area contributed by atoms with Crippen LogP contribution >= 0.6 is 7.60 Å². The molecule has 0 saturated carbocycles. The van der Waals surface area contributed by atoms with Gasteiger partial charge < -0.3 is 9.05 Å². The zero-order chi connectivity index (χ0) is 16.5. The van der Waals surface area contributed by atoms with Crippen molar-refractivity contribution < 1.29 is 13.6 Å². The first-order valence-corrected chi connectivity index (χ1v) is 10.4. The highest BCUT2D eigenvalue weighted by Gasteiger charge is 2.15. The van der Waals surface area contributed by atoms with Crippen LogP contribution in [0.1, 0.15) is 90.4 Å². The van der Waals surface area contributed by atoms with Crippen LogP contribution < -0.4 is 0 Å². The van der Waals surface area contributed by atoms with Crippen molar-refractivity contribution in [3.05, 3.63) is 0 Å². The van der Waals surface area contributed by atoms with Crippen LogP contribution in [0.4, 0.5) is 0 Å². The van der Waals surface area contributed by atoms with Gasteiger partial charge in [0.25, 0.3) is 0 Å². The average molecular weight is 330 g/mol. The molecule has 0 unspecified atom stereocenters. The van der Waals surface area contributed by atoms with E-state index in [1.807, 2.05) is 0 Å². The summed E-state index contributed by atoms with van der Waals surface area (Å²) in [5.74, 6) is 2.90. The van der Waals surface area contributed by atoms with Crippen molar-refractivity contribution in [2.24, 2.45) is 0 Å². The maximum Gasteiger partial charge on any atom is 0.405 e. The maximum atomic E-state index is 11.7. The Bertz CT molecular complexity index is 336. The number of unbranched alkanes of at least 4 members (excludes halogenated alkanes) is 12. The molecular weight excluding hydrogens is 295 g/mol. The Labute approximate surface area is 138 Å². The molecule has 4 heteroatoms. The minimum atomic E-state index is -3.13. The summed E-state index contributed by atoms with van der Waals surface area (Å²) in [6, 6.07) is 0. The molecule has 0 fully saturated rings. The van der Waals surface area contributed by atoms with Crippen LogP contribution in [0, 0.1) is 11.6 Å². The van der Waals surface area contributed by atoms with E-state index >= 15 is 0 Å². The molecule has 0 spiro atoms. The number of hydrogen-bond donors (Lipinski definition) is 0. The smallest absolute Gasteiger partial charge is 0.303 e. The van der Waals surface area contributed by atoms with Gasteiger partial charge in [-0.15, -0.1) is 0 Å². The molecule has 22 heavy (non-hydrogen) atoms. The first kappa shape index (κ1) is 21.7. The molecule has 0 aliphatic carbocycles. The van der Waals surface area contributed by atoms with Gasteiger partial charge in [0.2, 0.25) is 0 Å². The molecule has 0 bridgehead atoms. The molecule has 0 N–H and O–H groups in total. The van der Waals surface area contributed by atoms with Crippen LogP contribution in [0.5, 0.6) is 0 Å². The highest BCUT2D eigenvalue weighted by atomic mass is 31.2. The van der Waals surface area contributed by atoms with Crippen LogP contribution in [0.3, 0.4) is 0 Å². The molecule has 0 heterocycles. The highest BCUT2D eigenvalue weighted by Crippen LogP contribution is 2.44. The van der Waals surface area contributed by atoms with Crippen molar-refractivity contribution in [3.63, 3.8) is 0 Å². The van der Waals surface area contributed by atoms with E-state index in [1.165, 1.54) is 84.8 Å². The van der Waals surface area contributed by atoms with Crippen molar-refractivity contribution in [3.8, 4) is 11.6 Å².